The fourth-order valence-electron chi connectivity index (χ4n) is 1.94. The molecule has 3 nitrogen and oxygen atoms in total. The topological polar surface area (TPSA) is 42.2 Å². The van der Waals surface area contributed by atoms with Gasteiger partial charge in [0.25, 0.3) is 0 Å². The van der Waals surface area contributed by atoms with E-state index in [1.54, 1.807) is 6.20 Å². The summed E-state index contributed by atoms with van der Waals surface area (Å²) in [5.41, 5.74) is 8.21. The van der Waals surface area contributed by atoms with E-state index in [-0.39, 0.29) is 0 Å². The van der Waals surface area contributed by atoms with Crippen LogP contribution in [0.5, 0.6) is 0 Å². The molecule has 1 aliphatic heterocycles. The molecule has 2 rings (SSSR count). The van der Waals surface area contributed by atoms with Crippen LogP contribution in [0.1, 0.15) is 19.3 Å². The Morgan fingerprint density at radius 3 is 3.00 bits per heavy atom. The highest BCUT2D eigenvalue weighted by Gasteiger charge is 2.11. The lowest BCUT2D eigenvalue weighted by Crippen LogP contribution is -2.23. The zero-order valence-corrected chi connectivity index (χ0v) is 8.95. The summed E-state index contributed by atoms with van der Waals surface area (Å²) in [6.07, 6.45) is 5.19. The molecule has 3 heteroatoms. The first-order valence-electron chi connectivity index (χ1n) is 5.39. The number of pyridine rings is 1. The minimum absolute atomic E-state index is 0.593. The minimum atomic E-state index is 0.593. The SMILES string of the molecule is C=C1CCCN(c2ccnc(N)c2)CC1. The van der Waals surface area contributed by atoms with Crippen molar-refractivity contribution in [2.24, 2.45) is 0 Å². The number of nitrogens with zero attached hydrogens (tertiary/aromatic N) is 2. The van der Waals surface area contributed by atoms with Crippen molar-refractivity contribution in [3.63, 3.8) is 0 Å². The summed E-state index contributed by atoms with van der Waals surface area (Å²) in [7, 11) is 0. The van der Waals surface area contributed by atoms with Gasteiger partial charge in [0.15, 0.2) is 0 Å². The molecule has 1 saturated heterocycles. The second-order valence-corrected chi connectivity index (χ2v) is 4.03. The molecule has 0 aromatic carbocycles. The van der Waals surface area contributed by atoms with Gasteiger partial charge in [-0.15, -0.1) is 0 Å². The highest BCUT2D eigenvalue weighted by Crippen LogP contribution is 2.21. The molecule has 1 aliphatic rings. The summed E-state index contributed by atoms with van der Waals surface area (Å²) in [4.78, 5) is 6.36. The normalized spacial score (nSPS) is 17.6. The van der Waals surface area contributed by atoms with Gasteiger partial charge < -0.3 is 10.6 Å². The second kappa shape index (κ2) is 4.34. The first-order valence-corrected chi connectivity index (χ1v) is 5.39. The number of aromatic nitrogens is 1. The van der Waals surface area contributed by atoms with E-state index >= 15 is 0 Å². The number of nitrogen functional groups attached to an aromatic ring is 1. The maximum atomic E-state index is 5.68. The number of hydrogen-bond acceptors (Lipinski definition) is 3. The molecule has 0 spiro atoms. The largest absolute Gasteiger partial charge is 0.384 e. The van der Waals surface area contributed by atoms with Crippen LogP contribution >= 0.6 is 0 Å². The number of rotatable bonds is 1. The van der Waals surface area contributed by atoms with Gasteiger partial charge in [-0.2, -0.15) is 0 Å². The third-order valence-corrected chi connectivity index (χ3v) is 2.82. The molecule has 1 fully saturated rings. The first-order chi connectivity index (χ1) is 7.25. The van der Waals surface area contributed by atoms with Crippen molar-refractivity contribution >= 4 is 11.5 Å². The molecule has 0 amide bonds. The van der Waals surface area contributed by atoms with Crippen molar-refractivity contribution in [3.05, 3.63) is 30.5 Å². The van der Waals surface area contributed by atoms with Crippen molar-refractivity contribution in [3.8, 4) is 0 Å². The molecule has 2 N–H and O–H groups in total. The fourth-order valence-corrected chi connectivity index (χ4v) is 1.94. The molecule has 0 bridgehead atoms. The van der Waals surface area contributed by atoms with E-state index in [0.29, 0.717) is 5.82 Å². The van der Waals surface area contributed by atoms with Gasteiger partial charge in [-0.25, -0.2) is 4.98 Å². The maximum Gasteiger partial charge on any atom is 0.125 e. The zero-order valence-electron chi connectivity index (χ0n) is 8.95. The van der Waals surface area contributed by atoms with Crippen LogP contribution in [0.3, 0.4) is 0 Å². The molecule has 80 valence electrons. The third kappa shape index (κ3) is 2.49. The molecular weight excluding hydrogens is 186 g/mol. The number of hydrogen-bond donors (Lipinski definition) is 1. The molecule has 0 radical (unpaired) electrons. The van der Waals surface area contributed by atoms with E-state index in [1.807, 2.05) is 12.1 Å². The van der Waals surface area contributed by atoms with Gasteiger partial charge >= 0.3 is 0 Å². The Labute approximate surface area is 90.6 Å². The van der Waals surface area contributed by atoms with Crippen LogP contribution in [0, 0.1) is 0 Å². The Hall–Kier alpha value is -1.51. The molecule has 0 atom stereocenters. The smallest absolute Gasteiger partial charge is 0.125 e. The lowest BCUT2D eigenvalue weighted by atomic mass is 10.1. The second-order valence-electron chi connectivity index (χ2n) is 4.03. The predicted molar refractivity (Wildman–Crippen MR) is 63.9 cm³/mol. The Morgan fingerprint density at radius 1 is 1.33 bits per heavy atom. The van der Waals surface area contributed by atoms with Crippen LogP contribution in [0.15, 0.2) is 30.5 Å². The van der Waals surface area contributed by atoms with Gasteiger partial charge in [-0.05, 0) is 25.3 Å². The third-order valence-electron chi connectivity index (χ3n) is 2.82. The lowest BCUT2D eigenvalue weighted by molar-refractivity contribution is 0.790. The highest BCUT2D eigenvalue weighted by atomic mass is 15.1. The Balaban J connectivity index is 2.13. The summed E-state index contributed by atoms with van der Waals surface area (Å²) < 4.78 is 0. The minimum Gasteiger partial charge on any atom is -0.384 e. The van der Waals surface area contributed by atoms with E-state index in [2.05, 4.69) is 16.5 Å². The Bertz CT molecular complexity index is 360. The van der Waals surface area contributed by atoms with E-state index < -0.39 is 0 Å². The lowest BCUT2D eigenvalue weighted by Gasteiger charge is -2.22. The van der Waals surface area contributed by atoms with Gasteiger partial charge in [-0.1, -0.05) is 12.2 Å². The molecule has 0 aliphatic carbocycles. The standard InChI is InChI=1S/C12H17N3/c1-10-3-2-7-15(8-5-10)11-4-6-14-12(13)9-11/h4,6,9H,1-3,5,7-8H2,(H2,13,14). The quantitative estimate of drug-likeness (QED) is 0.711. The van der Waals surface area contributed by atoms with Crippen molar-refractivity contribution < 1.29 is 0 Å². The van der Waals surface area contributed by atoms with E-state index in [4.69, 9.17) is 5.73 Å². The molecule has 15 heavy (non-hydrogen) atoms. The van der Waals surface area contributed by atoms with Crippen LogP contribution < -0.4 is 10.6 Å². The van der Waals surface area contributed by atoms with Gasteiger partial charge in [0.2, 0.25) is 0 Å². The van der Waals surface area contributed by atoms with Gasteiger partial charge in [0, 0.05) is 31.0 Å². The average Bonchev–Trinajstić information content (AvgIpc) is 2.43. The zero-order chi connectivity index (χ0) is 10.7. The van der Waals surface area contributed by atoms with Crippen molar-refractivity contribution in [1.29, 1.82) is 0 Å². The van der Waals surface area contributed by atoms with Crippen molar-refractivity contribution in [2.45, 2.75) is 19.3 Å². The average molecular weight is 203 g/mol. The number of nitrogens with two attached hydrogens (primary N) is 1. The molecule has 0 saturated carbocycles. The molecule has 0 unspecified atom stereocenters. The van der Waals surface area contributed by atoms with Crippen LogP contribution in [-0.2, 0) is 0 Å². The van der Waals surface area contributed by atoms with Gasteiger partial charge in [0.1, 0.15) is 5.82 Å². The molecule has 2 heterocycles. The van der Waals surface area contributed by atoms with Crippen molar-refractivity contribution in [2.75, 3.05) is 23.7 Å². The monoisotopic (exact) mass is 203 g/mol. The first kappa shape index (κ1) is 10.0. The maximum absolute atomic E-state index is 5.68. The summed E-state index contributed by atoms with van der Waals surface area (Å²) in [6.45, 7) is 6.19. The van der Waals surface area contributed by atoms with E-state index in [1.165, 1.54) is 17.7 Å². The molecule has 1 aromatic rings. The molecule has 1 aromatic heterocycles. The van der Waals surface area contributed by atoms with E-state index in [0.717, 1.165) is 25.9 Å². The Kier molecular flexibility index (Phi) is 2.90. The summed E-state index contributed by atoms with van der Waals surface area (Å²) in [6, 6.07) is 3.96. The fraction of sp³-hybridized carbons (Fsp3) is 0.417. The predicted octanol–water partition coefficient (Wildman–Crippen LogP) is 2.21. The van der Waals surface area contributed by atoms with Crippen LogP contribution in [0.4, 0.5) is 11.5 Å². The van der Waals surface area contributed by atoms with Crippen LogP contribution in [0.2, 0.25) is 0 Å². The van der Waals surface area contributed by atoms with Crippen molar-refractivity contribution in [1.82, 2.24) is 4.98 Å². The van der Waals surface area contributed by atoms with Gasteiger partial charge in [-0.3, -0.25) is 0 Å². The number of anilines is 2. The summed E-state index contributed by atoms with van der Waals surface area (Å²) in [5, 5.41) is 0. The summed E-state index contributed by atoms with van der Waals surface area (Å²) in [5.74, 6) is 0.593. The Morgan fingerprint density at radius 2 is 2.20 bits per heavy atom. The molecular formula is C12H17N3. The van der Waals surface area contributed by atoms with Crippen LogP contribution in [0.25, 0.3) is 0 Å². The summed E-state index contributed by atoms with van der Waals surface area (Å²) >= 11 is 0. The van der Waals surface area contributed by atoms with Crippen LogP contribution in [-0.4, -0.2) is 18.1 Å². The van der Waals surface area contributed by atoms with Gasteiger partial charge in [0.05, 0.1) is 0 Å². The van der Waals surface area contributed by atoms with E-state index in [9.17, 15) is 0 Å². The highest BCUT2D eigenvalue weighted by molar-refractivity contribution is 5.52.